The quantitative estimate of drug-likeness (QED) is 0.339. The van der Waals surface area contributed by atoms with Gasteiger partial charge in [-0.05, 0) is 102 Å². The molecule has 5 aliphatic carbocycles. The molecule has 1 aromatic rings. The summed E-state index contributed by atoms with van der Waals surface area (Å²) in [5.74, 6) is 1.18. The molecule has 0 spiro atoms. The first-order chi connectivity index (χ1) is 19.7. The van der Waals surface area contributed by atoms with Gasteiger partial charge in [0.1, 0.15) is 12.4 Å². The van der Waals surface area contributed by atoms with Gasteiger partial charge >= 0.3 is 5.97 Å². The Labute approximate surface area is 253 Å². The van der Waals surface area contributed by atoms with Crippen molar-refractivity contribution in [2.75, 3.05) is 0 Å². The number of rotatable bonds is 4. The van der Waals surface area contributed by atoms with Crippen LogP contribution in [0.5, 0.6) is 0 Å². The molecule has 0 radical (unpaired) electrons. The predicted molar refractivity (Wildman–Crippen MR) is 165 cm³/mol. The molecule has 42 heavy (non-hydrogen) atoms. The molecule has 4 saturated carbocycles. The van der Waals surface area contributed by atoms with Gasteiger partial charge in [-0.15, -0.1) is 0 Å². The van der Waals surface area contributed by atoms with Crippen molar-refractivity contribution in [3.8, 4) is 0 Å². The number of esters is 1. The van der Waals surface area contributed by atoms with Gasteiger partial charge in [-0.3, -0.25) is 14.4 Å². The molecule has 0 saturated heterocycles. The Hall–Kier alpha value is -2.23. The molecule has 9 atom stereocenters. The minimum absolute atomic E-state index is 0.000889. The molecular weight excluding hydrogens is 520 g/mol. The van der Waals surface area contributed by atoms with E-state index in [1.54, 1.807) is 0 Å². The fourth-order valence-electron chi connectivity index (χ4n) is 11.5. The summed E-state index contributed by atoms with van der Waals surface area (Å²) in [5.41, 5.74) is -0.155. The van der Waals surface area contributed by atoms with Crippen LogP contribution in [0.3, 0.4) is 0 Å². The molecule has 228 valence electrons. The minimum Gasteiger partial charge on any atom is -0.460 e. The first-order valence-electron chi connectivity index (χ1n) is 16.6. The summed E-state index contributed by atoms with van der Waals surface area (Å²) in [6.07, 6.45) is 12.2. The van der Waals surface area contributed by atoms with Gasteiger partial charge in [-0.25, -0.2) is 0 Å². The molecule has 0 heterocycles. The summed E-state index contributed by atoms with van der Waals surface area (Å²) < 4.78 is 6.01. The zero-order valence-corrected chi connectivity index (χ0v) is 27.1. The van der Waals surface area contributed by atoms with Crippen LogP contribution in [0.15, 0.2) is 42.5 Å². The van der Waals surface area contributed by atoms with Crippen LogP contribution in [0, 0.1) is 56.2 Å². The van der Waals surface area contributed by atoms with Crippen LogP contribution >= 0.6 is 0 Å². The third-order valence-corrected chi connectivity index (χ3v) is 14.7. The third kappa shape index (κ3) is 3.95. The zero-order valence-electron chi connectivity index (χ0n) is 27.1. The Morgan fingerprint density at radius 1 is 0.881 bits per heavy atom. The molecule has 4 fully saturated rings. The number of fused-ring (bicyclic) bond motifs is 7. The van der Waals surface area contributed by atoms with Crippen LogP contribution < -0.4 is 0 Å². The Morgan fingerprint density at radius 3 is 2.26 bits per heavy atom. The highest BCUT2D eigenvalue weighted by Crippen LogP contribution is 2.75. The van der Waals surface area contributed by atoms with Gasteiger partial charge in [-0.2, -0.15) is 0 Å². The molecule has 0 bridgehead atoms. The van der Waals surface area contributed by atoms with Gasteiger partial charge in [0, 0.05) is 17.8 Å². The normalized spacial score (nSPS) is 45.7. The van der Waals surface area contributed by atoms with E-state index in [0.717, 1.165) is 56.9 Å². The van der Waals surface area contributed by atoms with E-state index in [-0.39, 0.29) is 57.1 Å². The van der Waals surface area contributed by atoms with E-state index in [0.29, 0.717) is 18.8 Å². The summed E-state index contributed by atoms with van der Waals surface area (Å²) >= 11 is 0. The van der Waals surface area contributed by atoms with Gasteiger partial charge in [0.25, 0.3) is 0 Å². The predicted octanol–water partition coefficient (Wildman–Crippen LogP) is 8.53. The number of hydrogen-bond donors (Lipinski definition) is 0. The van der Waals surface area contributed by atoms with Crippen LogP contribution in [0.4, 0.5) is 0 Å². The Bertz CT molecular complexity index is 1310. The molecule has 4 nitrogen and oxygen atoms in total. The second-order valence-corrected chi connectivity index (χ2v) is 16.6. The third-order valence-electron chi connectivity index (χ3n) is 14.7. The molecule has 0 aliphatic heterocycles. The molecule has 1 aromatic carbocycles. The Morgan fingerprint density at radius 2 is 1.57 bits per heavy atom. The van der Waals surface area contributed by atoms with E-state index in [1.165, 1.54) is 0 Å². The van der Waals surface area contributed by atoms with Crippen LogP contribution in [0.25, 0.3) is 0 Å². The highest BCUT2D eigenvalue weighted by atomic mass is 16.5. The second kappa shape index (κ2) is 9.63. The summed E-state index contributed by atoms with van der Waals surface area (Å²) in [5, 5.41) is 0. The fraction of sp³-hybridized carbons (Fsp3) is 0.711. The monoisotopic (exact) mass is 572 g/mol. The van der Waals surface area contributed by atoms with Gasteiger partial charge in [0.15, 0.2) is 5.78 Å². The lowest BCUT2D eigenvalue weighted by atomic mass is 9.32. The van der Waals surface area contributed by atoms with E-state index < -0.39 is 10.8 Å². The second-order valence-electron chi connectivity index (χ2n) is 16.6. The smallest absolute Gasteiger partial charge is 0.312 e. The maximum Gasteiger partial charge on any atom is 0.312 e. The number of carbonyl (C=O) groups is 3. The van der Waals surface area contributed by atoms with Gasteiger partial charge < -0.3 is 4.74 Å². The highest BCUT2D eigenvalue weighted by Gasteiger charge is 2.71. The van der Waals surface area contributed by atoms with Crippen LogP contribution in [-0.4, -0.2) is 17.5 Å². The number of allylic oxidation sites excluding steroid dienone is 2. The number of benzene rings is 1. The average molecular weight is 573 g/mol. The van der Waals surface area contributed by atoms with Gasteiger partial charge in [-0.1, -0.05) is 84.9 Å². The van der Waals surface area contributed by atoms with Crippen LogP contribution in [0.1, 0.15) is 112 Å². The molecule has 5 aliphatic rings. The van der Waals surface area contributed by atoms with Crippen LogP contribution in [-0.2, 0) is 25.7 Å². The molecule has 0 N–H and O–H groups in total. The lowest BCUT2D eigenvalue weighted by Gasteiger charge is -2.71. The average Bonchev–Trinajstić information content (AvgIpc) is 2.96. The minimum atomic E-state index is -0.532. The standard InChI is InChI=1S/C38H52O4/c1-8-38(32(41)42-24-25-12-10-9-11-13-25)21-19-34(4)18-20-37(7)31(26(34)23-38)27(39)22-29-35(5)16-15-30(40)33(2,3)28(35)14-17-36(29,37)6/h9-13,15-16,26,28-29,31H,8,14,17-24H2,1-7H3/t26-,28-,29?,31-,34-,35-,36+,37+,38-/m0/s1. The largest absolute Gasteiger partial charge is 0.460 e. The summed E-state index contributed by atoms with van der Waals surface area (Å²) in [4.78, 5) is 41.5. The maximum absolute atomic E-state index is 14.6. The van der Waals surface area contributed by atoms with Crippen molar-refractivity contribution in [1.29, 1.82) is 0 Å². The van der Waals surface area contributed by atoms with E-state index in [4.69, 9.17) is 4.74 Å². The van der Waals surface area contributed by atoms with Crippen molar-refractivity contribution in [2.24, 2.45) is 56.2 Å². The number of Topliss-reactive ketones (excluding diaryl/α,β-unsaturated/α-hetero) is 1. The molecule has 4 heteroatoms. The van der Waals surface area contributed by atoms with E-state index >= 15 is 0 Å². The Balaban J connectivity index is 1.33. The van der Waals surface area contributed by atoms with Crippen molar-refractivity contribution < 1.29 is 19.1 Å². The fourth-order valence-corrected chi connectivity index (χ4v) is 11.5. The number of ether oxygens (including phenoxy) is 1. The van der Waals surface area contributed by atoms with Crippen LogP contribution in [0.2, 0.25) is 0 Å². The van der Waals surface area contributed by atoms with E-state index in [1.807, 2.05) is 36.4 Å². The first kappa shape index (κ1) is 29.8. The number of hydrogen-bond acceptors (Lipinski definition) is 4. The van der Waals surface area contributed by atoms with Crippen molar-refractivity contribution in [3.05, 3.63) is 48.0 Å². The number of carbonyl (C=O) groups excluding carboxylic acids is 3. The molecule has 1 unspecified atom stereocenters. The molecular formula is C38H52O4. The number of ketones is 2. The Kier molecular flexibility index (Phi) is 6.84. The van der Waals surface area contributed by atoms with Gasteiger partial charge in [0.2, 0.25) is 0 Å². The van der Waals surface area contributed by atoms with Gasteiger partial charge in [0.05, 0.1) is 5.41 Å². The van der Waals surface area contributed by atoms with Crippen molar-refractivity contribution in [2.45, 2.75) is 113 Å². The van der Waals surface area contributed by atoms with Crippen molar-refractivity contribution in [1.82, 2.24) is 0 Å². The molecule has 0 aromatic heterocycles. The summed E-state index contributed by atoms with van der Waals surface area (Å²) in [6, 6.07) is 9.94. The first-order valence-corrected chi connectivity index (χ1v) is 16.6. The molecule has 0 amide bonds. The SMILES string of the molecule is CC[C@]1(C(=O)OCc2ccccc2)CC[C@]2(C)CC[C@]3(C)[C@H](C(=O)CC4[C@@]5(C)C=CC(=O)C(C)(C)[C@@H]5CC[C@]43C)[C@@H]2C1. The van der Waals surface area contributed by atoms with E-state index in [9.17, 15) is 14.4 Å². The van der Waals surface area contributed by atoms with E-state index in [2.05, 4.69) is 54.5 Å². The maximum atomic E-state index is 14.6. The molecule has 6 rings (SSSR count). The lowest BCUT2D eigenvalue weighted by molar-refractivity contribution is -0.223. The summed E-state index contributed by atoms with van der Waals surface area (Å²) in [6.45, 7) is 16.4. The van der Waals surface area contributed by atoms with Crippen molar-refractivity contribution >= 4 is 17.5 Å². The zero-order chi connectivity index (χ0) is 30.3. The topological polar surface area (TPSA) is 60.4 Å². The van der Waals surface area contributed by atoms with Crippen molar-refractivity contribution in [3.63, 3.8) is 0 Å². The lowest BCUT2D eigenvalue weighted by Crippen LogP contribution is -2.68. The highest BCUT2D eigenvalue weighted by molar-refractivity contribution is 5.96. The summed E-state index contributed by atoms with van der Waals surface area (Å²) in [7, 11) is 0.